The van der Waals surface area contributed by atoms with E-state index in [1.54, 1.807) is 0 Å². The van der Waals surface area contributed by atoms with E-state index in [2.05, 4.69) is 90.1 Å². The molecule has 1 aromatic rings. The molecule has 0 aliphatic heterocycles. The molecule has 0 radical (unpaired) electrons. The highest BCUT2D eigenvalue weighted by molar-refractivity contribution is 7.60. The maximum absolute atomic E-state index is 2.46. The predicted octanol–water partition coefficient (Wildman–Crippen LogP) is 6.33. The van der Waals surface area contributed by atoms with Crippen LogP contribution in [-0.4, -0.2) is 16.5 Å². The molecule has 0 fully saturated rings. The van der Waals surface area contributed by atoms with Crippen molar-refractivity contribution in [1.82, 2.24) is 0 Å². The second kappa shape index (κ2) is 6.09. The summed E-state index contributed by atoms with van der Waals surface area (Å²) in [6, 6.07) is 10.7. The van der Waals surface area contributed by atoms with Gasteiger partial charge in [0.2, 0.25) is 0 Å². The van der Waals surface area contributed by atoms with Gasteiger partial charge in [-0.15, -0.1) is 0 Å². The Labute approximate surface area is 132 Å². The summed E-state index contributed by atoms with van der Waals surface area (Å²) in [7, 11) is -0.0376. The van der Waals surface area contributed by atoms with Gasteiger partial charge in [-0.2, -0.15) is 0 Å². The average molecular weight is 300 g/mol. The zero-order valence-electron chi connectivity index (χ0n) is 14.4. The third kappa shape index (κ3) is 4.30. The normalized spacial score (nSPS) is 19.2. The summed E-state index contributed by atoms with van der Waals surface area (Å²) in [6.07, 6.45) is 8.46. The molecule has 0 bridgehead atoms. The lowest BCUT2D eigenvalue weighted by Gasteiger charge is -2.42. The molecule has 0 aromatic heterocycles. The number of allylic oxidation sites excluding steroid dienone is 4. The highest BCUT2D eigenvalue weighted by Gasteiger charge is 2.35. The van der Waals surface area contributed by atoms with Gasteiger partial charge in [0.05, 0.1) is 0 Å². The zero-order chi connectivity index (χ0) is 15.7. The van der Waals surface area contributed by atoms with Crippen LogP contribution in [0.5, 0.6) is 0 Å². The van der Waals surface area contributed by atoms with Gasteiger partial charge >= 0.3 is 0 Å². The molecule has 0 amide bonds. The smallest absolute Gasteiger partial charge is 0.000131 e. The topological polar surface area (TPSA) is 0 Å². The molecule has 0 nitrogen and oxygen atoms in total. The molecule has 1 atom stereocenters. The Hall–Kier alpha value is -0.870. The predicted molar refractivity (Wildman–Crippen MR) is 98.3 cm³/mol. The van der Waals surface area contributed by atoms with Crippen molar-refractivity contribution < 1.29 is 0 Å². The van der Waals surface area contributed by atoms with Crippen LogP contribution in [-0.2, 0) is 0 Å². The molecule has 0 saturated carbocycles. The van der Waals surface area contributed by atoms with Gasteiger partial charge in [0.25, 0.3) is 0 Å². The van der Waals surface area contributed by atoms with Gasteiger partial charge in [-0.1, -0.05) is 98.0 Å². The fourth-order valence-electron chi connectivity index (χ4n) is 3.27. The van der Waals surface area contributed by atoms with Crippen LogP contribution in [0.2, 0.25) is 0 Å². The van der Waals surface area contributed by atoms with E-state index < -0.39 is 0 Å². The fourth-order valence-corrected chi connectivity index (χ4v) is 7.03. The highest BCUT2D eigenvalue weighted by atomic mass is 31.1. The molecular formula is C20H29P. The molecular weight excluding hydrogens is 271 g/mol. The SMILES string of the molecule is CC(C)(C)P(CC1C=CC(c2ccccc2)=C1)C(C)(C)C. The molecule has 1 aromatic carbocycles. The largest absolute Gasteiger partial charge is 0.0947 e. The van der Waals surface area contributed by atoms with Crippen molar-refractivity contribution in [3.05, 3.63) is 54.1 Å². The van der Waals surface area contributed by atoms with Crippen molar-refractivity contribution in [3.63, 3.8) is 0 Å². The van der Waals surface area contributed by atoms with Crippen LogP contribution in [0.3, 0.4) is 0 Å². The molecule has 2 rings (SSSR count). The minimum Gasteiger partial charge on any atom is -0.0947 e. The van der Waals surface area contributed by atoms with Gasteiger partial charge in [-0.3, -0.25) is 0 Å². The molecule has 1 aliphatic carbocycles. The van der Waals surface area contributed by atoms with Gasteiger partial charge in [0.1, 0.15) is 0 Å². The van der Waals surface area contributed by atoms with Gasteiger partial charge in [0, 0.05) is 0 Å². The van der Waals surface area contributed by atoms with Crippen molar-refractivity contribution in [2.24, 2.45) is 5.92 Å². The van der Waals surface area contributed by atoms with E-state index in [-0.39, 0.29) is 7.92 Å². The molecule has 0 N–H and O–H groups in total. The number of rotatable bonds is 3. The van der Waals surface area contributed by atoms with E-state index in [0.717, 1.165) is 0 Å². The van der Waals surface area contributed by atoms with Gasteiger partial charge in [-0.25, -0.2) is 0 Å². The highest BCUT2D eigenvalue weighted by Crippen LogP contribution is 2.60. The van der Waals surface area contributed by atoms with Gasteiger partial charge in [0.15, 0.2) is 0 Å². The number of benzene rings is 1. The number of hydrogen-bond acceptors (Lipinski definition) is 0. The monoisotopic (exact) mass is 300 g/mol. The Kier molecular flexibility index (Phi) is 4.79. The second-order valence-corrected chi connectivity index (χ2v) is 11.9. The summed E-state index contributed by atoms with van der Waals surface area (Å²) in [4.78, 5) is 0. The van der Waals surface area contributed by atoms with Crippen molar-refractivity contribution in [3.8, 4) is 0 Å². The first kappa shape index (κ1) is 16.5. The lowest BCUT2D eigenvalue weighted by Crippen LogP contribution is -2.28. The first-order valence-electron chi connectivity index (χ1n) is 7.91. The summed E-state index contributed by atoms with van der Waals surface area (Å²) < 4.78 is 0. The van der Waals surface area contributed by atoms with E-state index in [1.807, 2.05) is 0 Å². The van der Waals surface area contributed by atoms with Crippen molar-refractivity contribution in [2.45, 2.75) is 51.9 Å². The zero-order valence-corrected chi connectivity index (χ0v) is 15.2. The summed E-state index contributed by atoms with van der Waals surface area (Å²) in [5.74, 6) is 0.602. The third-order valence-electron chi connectivity index (χ3n) is 4.04. The van der Waals surface area contributed by atoms with Crippen LogP contribution in [0.4, 0.5) is 0 Å². The quantitative estimate of drug-likeness (QED) is 0.572. The molecule has 1 aliphatic rings. The standard InChI is InChI=1S/C20H29P/c1-19(2,3)21(20(4,5)6)15-16-12-13-18(14-16)17-10-8-7-9-11-17/h7-14,16H,15H2,1-6H3. The molecule has 114 valence electrons. The average Bonchev–Trinajstić information content (AvgIpc) is 2.83. The van der Waals surface area contributed by atoms with Crippen LogP contribution >= 0.6 is 7.92 Å². The van der Waals surface area contributed by atoms with E-state index >= 15 is 0 Å². The van der Waals surface area contributed by atoms with Crippen molar-refractivity contribution in [2.75, 3.05) is 6.16 Å². The lowest BCUT2D eigenvalue weighted by atomic mass is 10.1. The van der Waals surface area contributed by atoms with Crippen LogP contribution < -0.4 is 0 Å². The first-order chi connectivity index (χ1) is 9.68. The second-order valence-electron chi connectivity index (χ2n) is 7.96. The minimum atomic E-state index is -0.0376. The van der Waals surface area contributed by atoms with Crippen LogP contribution in [0, 0.1) is 5.92 Å². The molecule has 1 heteroatoms. The van der Waals surface area contributed by atoms with Crippen molar-refractivity contribution >= 4 is 13.5 Å². The van der Waals surface area contributed by atoms with E-state index in [9.17, 15) is 0 Å². The van der Waals surface area contributed by atoms with Crippen LogP contribution in [0.25, 0.3) is 5.57 Å². The Morgan fingerprint density at radius 2 is 1.48 bits per heavy atom. The van der Waals surface area contributed by atoms with E-state index in [4.69, 9.17) is 0 Å². The summed E-state index contributed by atoms with van der Waals surface area (Å²) in [5.41, 5.74) is 2.73. The maximum atomic E-state index is 2.46. The molecule has 0 saturated heterocycles. The molecule has 0 heterocycles. The maximum Gasteiger partial charge on any atom is -0.000131 e. The van der Waals surface area contributed by atoms with Gasteiger partial charge in [-0.05, 0) is 33.5 Å². The summed E-state index contributed by atoms with van der Waals surface area (Å²) >= 11 is 0. The van der Waals surface area contributed by atoms with E-state index in [1.165, 1.54) is 17.3 Å². The van der Waals surface area contributed by atoms with Crippen LogP contribution in [0.15, 0.2) is 48.6 Å². The minimum absolute atomic E-state index is 0.0376. The Bertz CT molecular complexity index is 509. The Morgan fingerprint density at radius 3 is 2.00 bits per heavy atom. The molecule has 0 spiro atoms. The summed E-state index contributed by atoms with van der Waals surface area (Å²) in [5, 5.41) is 0.815. The fraction of sp³-hybridized carbons (Fsp3) is 0.500. The molecule has 21 heavy (non-hydrogen) atoms. The first-order valence-corrected chi connectivity index (χ1v) is 9.44. The van der Waals surface area contributed by atoms with E-state index in [0.29, 0.717) is 16.2 Å². The Morgan fingerprint density at radius 1 is 0.905 bits per heavy atom. The third-order valence-corrected chi connectivity index (χ3v) is 8.06. The summed E-state index contributed by atoms with van der Waals surface area (Å²) in [6.45, 7) is 14.4. The van der Waals surface area contributed by atoms with Crippen LogP contribution in [0.1, 0.15) is 47.1 Å². The van der Waals surface area contributed by atoms with Crippen molar-refractivity contribution in [1.29, 1.82) is 0 Å². The lowest BCUT2D eigenvalue weighted by molar-refractivity contribution is 0.695. The molecule has 1 unspecified atom stereocenters. The number of hydrogen-bond donors (Lipinski definition) is 0. The Balaban J connectivity index is 2.15. The van der Waals surface area contributed by atoms with Gasteiger partial charge < -0.3 is 0 Å².